The lowest BCUT2D eigenvalue weighted by Gasteiger charge is -2.20. The van der Waals surface area contributed by atoms with Gasteiger partial charge in [-0.25, -0.2) is 9.99 Å². The fraction of sp³-hybridized carbons (Fsp3) is 0.280. The van der Waals surface area contributed by atoms with Gasteiger partial charge in [-0.1, -0.05) is 23.7 Å². The van der Waals surface area contributed by atoms with Crippen LogP contribution < -0.4 is 5.56 Å². The second kappa shape index (κ2) is 8.52. The summed E-state index contributed by atoms with van der Waals surface area (Å²) in [5, 5.41) is 7.38. The first-order chi connectivity index (χ1) is 16.6. The summed E-state index contributed by atoms with van der Waals surface area (Å²) in [5.74, 6) is 0.353. The number of fused-ring (bicyclic) bond motifs is 3. The maximum atomic E-state index is 13.4. The van der Waals surface area contributed by atoms with Crippen molar-refractivity contribution in [2.75, 3.05) is 0 Å². The molecule has 1 aliphatic carbocycles. The molecule has 0 bridgehead atoms. The number of hydrogen-bond donors (Lipinski definition) is 0. The van der Waals surface area contributed by atoms with Crippen LogP contribution in [0.5, 0.6) is 0 Å². The largest absolute Gasteiger partial charge is 0.467 e. The minimum Gasteiger partial charge on any atom is -0.467 e. The van der Waals surface area contributed by atoms with Crippen LogP contribution in [0.3, 0.4) is 0 Å². The quantitative estimate of drug-likeness (QED) is 0.403. The van der Waals surface area contributed by atoms with Gasteiger partial charge in [0.15, 0.2) is 0 Å². The maximum absolute atomic E-state index is 13.4. The molecule has 1 aliphatic heterocycles. The predicted octanol–water partition coefficient (Wildman–Crippen LogP) is 4.96. The third-order valence-electron chi connectivity index (χ3n) is 6.46. The van der Waals surface area contributed by atoms with E-state index in [-0.39, 0.29) is 24.1 Å². The fourth-order valence-corrected chi connectivity index (χ4v) is 6.12. The van der Waals surface area contributed by atoms with E-state index in [0.29, 0.717) is 22.6 Å². The Kier molecular flexibility index (Phi) is 5.34. The smallest absolute Gasteiger partial charge is 0.263 e. The van der Waals surface area contributed by atoms with E-state index in [1.807, 2.05) is 18.2 Å². The Hall–Kier alpha value is -3.23. The van der Waals surface area contributed by atoms with Crippen molar-refractivity contribution in [3.63, 3.8) is 0 Å². The van der Waals surface area contributed by atoms with E-state index in [1.54, 1.807) is 35.8 Å². The molecule has 0 spiro atoms. The van der Waals surface area contributed by atoms with Gasteiger partial charge in [-0.15, -0.1) is 11.3 Å². The lowest BCUT2D eigenvalue weighted by Crippen LogP contribution is -2.34. The van der Waals surface area contributed by atoms with Crippen molar-refractivity contribution in [2.24, 2.45) is 5.10 Å². The molecule has 1 aromatic carbocycles. The number of nitrogens with zero attached hydrogens (tertiary/aromatic N) is 4. The standard InChI is InChI=1S/C25H21ClN4O3S/c26-16-9-7-15(8-10-16)18-12-19(20-5-3-11-33-20)30(28-18)22(31)13-29-14-27-24-23(25(29)32)17-4-1-2-6-21(17)34-24/h3,5,7-11,14,19H,1-2,4,6,12-13H2/t19-/m0/s1. The highest BCUT2D eigenvalue weighted by Crippen LogP contribution is 2.35. The number of hydrazone groups is 1. The number of amides is 1. The number of aryl methyl sites for hydroxylation is 2. The van der Waals surface area contributed by atoms with Crippen molar-refractivity contribution in [3.8, 4) is 0 Å². The molecule has 172 valence electrons. The van der Waals surface area contributed by atoms with E-state index in [2.05, 4.69) is 10.1 Å². The molecule has 4 aromatic rings. The molecule has 0 saturated heterocycles. The summed E-state index contributed by atoms with van der Waals surface area (Å²) in [6.07, 6.45) is 7.68. The third-order valence-corrected chi connectivity index (χ3v) is 7.91. The van der Waals surface area contributed by atoms with E-state index in [1.165, 1.54) is 20.8 Å². The Morgan fingerprint density at radius 2 is 2.00 bits per heavy atom. The molecule has 0 fully saturated rings. The SMILES string of the molecule is O=C(Cn1cnc2sc3c(c2c1=O)CCCC3)N1N=C(c2ccc(Cl)cc2)C[C@H]1c1ccco1. The van der Waals surface area contributed by atoms with Gasteiger partial charge in [-0.2, -0.15) is 5.10 Å². The lowest BCUT2D eigenvalue weighted by atomic mass is 9.97. The van der Waals surface area contributed by atoms with Crippen molar-refractivity contribution in [2.45, 2.75) is 44.7 Å². The summed E-state index contributed by atoms with van der Waals surface area (Å²) in [6, 6.07) is 10.6. The molecule has 2 aliphatic rings. The zero-order valence-corrected chi connectivity index (χ0v) is 19.8. The van der Waals surface area contributed by atoms with Gasteiger partial charge in [0.25, 0.3) is 11.5 Å². The number of carbonyl (C=O) groups is 1. The van der Waals surface area contributed by atoms with E-state index >= 15 is 0 Å². The van der Waals surface area contributed by atoms with Crippen LogP contribution in [0.1, 0.15) is 47.1 Å². The molecule has 3 aromatic heterocycles. The minimum atomic E-state index is -0.380. The van der Waals surface area contributed by atoms with Crippen LogP contribution in [-0.4, -0.2) is 26.2 Å². The fourth-order valence-electron chi connectivity index (χ4n) is 4.77. The van der Waals surface area contributed by atoms with Crippen LogP contribution in [0, 0.1) is 0 Å². The molecule has 34 heavy (non-hydrogen) atoms. The molecule has 1 amide bonds. The summed E-state index contributed by atoms with van der Waals surface area (Å²) in [6.45, 7) is -0.138. The molecule has 1 atom stereocenters. The number of benzene rings is 1. The highest BCUT2D eigenvalue weighted by molar-refractivity contribution is 7.18. The number of rotatable bonds is 4. The van der Waals surface area contributed by atoms with E-state index in [9.17, 15) is 9.59 Å². The molecule has 4 heterocycles. The summed E-state index contributed by atoms with van der Waals surface area (Å²) in [7, 11) is 0. The Morgan fingerprint density at radius 1 is 1.18 bits per heavy atom. The molecule has 0 radical (unpaired) electrons. The molecule has 6 rings (SSSR count). The first-order valence-electron chi connectivity index (χ1n) is 11.3. The minimum absolute atomic E-state index is 0.138. The molecule has 7 nitrogen and oxygen atoms in total. The average Bonchev–Trinajstić information content (AvgIpc) is 3.59. The van der Waals surface area contributed by atoms with E-state index in [0.717, 1.165) is 47.4 Å². The van der Waals surface area contributed by atoms with Crippen LogP contribution in [0.2, 0.25) is 5.02 Å². The normalized spacial score (nSPS) is 17.7. The Bertz CT molecular complexity index is 1470. The number of halogens is 1. The first-order valence-corrected chi connectivity index (χ1v) is 12.5. The van der Waals surface area contributed by atoms with Crippen molar-refractivity contribution in [1.82, 2.24) is 14.6 Å². The van der Waals surface area contributed by atoms with Crippen LogP contribution in [0.4, 0.5) is 0 Å². The topological polar surface area (TPSA) is 80.7 Å². The number of carbonyl (C=O) groups excluding carboxylic acids is 1. The number of thiophene rings is 1. The number of aromatic nitrogens is 2. The van der Waals surface area contributed by atoms with Gasteiger partial charge in [0, 0.05) is 16.3 Å². The summed E-state index contributed by atoms with van der Waals surface area (Å²) in [4.78, 5) is 33.3. The molecule has 0 N–H and O–H groups in total. The molecule has 9 heteroatoms. The van der Waals surface area contributed by atoms with Gasteiger partial charge >= 0.3 is 0 Å². The number of hydrogen-bond acceptors (Lipinski definition) is 6. The van der Waals surface area contributed by atoms with Crippen molar-refractivity contribution in [3.05, 3.63) is 86.1 Å². The lowest BCUT2D eigenvalue weighted by molar-refractivity contribution is -0.134. The zero-order valence-electron chi connectivity index (χ0n) is 18.2. The average molecular weight is 493 g/mol. The van der Waals surface area contributed by atoms with Gasteiger partial charge in [-0.3, -0.25) is 14.2 Å². The second-order valence-electron chi connectivity index (χ2n) is 8.60. The van der Waals surface area contributed by atoms with Gasteiger partial charge in [0.05, 0.1) is 23.7 Å². The highest BCUT2D eigenvalue weighted by Gasteiger charge is 2.35. The highest BCUT2D eigenvalue weighted by atomic mass is 35.5. The summed E-state index contributed by atoms with van der Waals surface area (Å²) in [5.41, 5.74) is 2.61. The molecule has 0 saturated carbocycles. The molecular formula is C25H21ClN4O3S. The Balaban J connectivity index is 1.34. The van der Waals surface area contributed by atoms with E-state index < -0.39 is 0 Å². The molecular weight excluding hydrogens is 472 g/mol. The Labute approximate surface area is 204 Å². The van der Waals surface area contributed by atoms with Gasteiger partial charge in [0.2, 0.25) is 0 Å². The van der Waals surface area contributed by atoms with Gasteiger partial charge in [0.1, 0.15) is 23.2 Å². The van der Waals surface area contributed by atoms with Crippen molar-refractivity contribution < 1.29 is 9.21 Å². The summed E-state index contributed by atoms with van der Waals surface area (Å²) >= 11 is 7.63. The van der Waals surface area contributed by atoms with Gasteiger partial charge in [-0.05, 0) is 61.1 Å². The monoisotopic (exact) mass is 492 g/mol. The molecule has 0 unspecified atom stereocenters. The van der Waals surface area contributed by atoms with Gasteiger partial charge < -0.3 is 4.42 Å². The van der Waals surface area contributed by atoms with Crippen LogP contribution in [0.25, 0.3) is 10.2 Å². The Morgan fingerprint density at radius 3 is 2.79 bits per heavy atom. The summed E-state index contributed by atoms with van der Waals surface area (Å²) < 4.78 is 7.02. The number of furan rings is 1. The van der Waals surface area contributed by atoms with E-state index in [4.69, 9.17) is 16.0 Å². The zero-order chi connectivity index (χ0) is 23.2. The van der Waals surface area contributed by atoms with Crippen LogP contribution >= 0.6 is 22.9 Å². The van der Waals surface area contributed by atoms with Crippen molar-refractivity contribution in [1.29, 1.82) is 0 Å². The predicted molar refractivity (Wildman–Crippen MR) is 131 cm³/mol. The first kappa shape index (κ1) is 21.3. The van der Waals surface area contributed by atoms with Crippen molar-refractivity contribution >= 4 is 44.8 Å². The van der Waals surface area contributed by atoms with Crippen LogP contribution in [-0.2, 0) is 24.2 Å². The maximum Gasteiger partial charge on any atom is 0.263 e. The second-order valence-corrected chi connectivity index (χ2v) is 10.1. The third kappa shape index (κ3) is 3.67. The van der Waals surface area contributed by atoms with Crippen LogP contribution in [0.15, 0.2) is 63.3 Å².